The van der Waals surface area contributed by atoms with E-state index in [0.717, 1.165) is 39.0 Å². The highest BCUT2D eigenvalue weighted by molar-refractivity contribution is 7.89. The van der Waals surface area contributed by atoms with E-state index in [4.69, 9.17) is 4.74 Å². The molecule has 7 heteroatoms. The molecule has 0 aromatic carbocycles. The van der Waals surface area contributed by atoms with Crippen LogP contribution in [0, 0.1) is 5.41 Å². The summed E-state index contributed by atoms with van der Waals surface area (Å²) in [6.45, 7) is 7.95. The smallest absolute Gasteiger partial charge is 0.218 e. The molecule has 2 saturated heterocycles. The van der Waals surface area contributed by atoms with Gasteiger partial charge in [-0.25, -0.2) is 12.7 Å². The molecule has 0 bridgehead atoms. The van der Waals surface area contributed by atoms with E-state index in [-0.39, 0.29) is 10.7 Å². The number of likely N-dealkylation sites (N-methyl/N-ethyl adjacent to an activating group) is 1. The maximum Gasteiger partial charge on any atom is 0.218 e. The molecule has 2 aliphatic rings. The Kier molecular flexibility index (Phi) is 6.24. The molecular weight excluding hydrogens is 302 g/mol. The Balaban J connectivity index is 1.94. The monoisotopic (exact) mass is 333 g/mol. The number of hydrogen-bond donors (Lipinski definition) is 1. The summed E-state index contributed by atoms with van der Waals surface area (Å²) in [5.74, 6) is 0. The molecule has 2 unspecified atom stereocenters. The van der Waals surface area contributed by atoms with Crippen LogP contribution in [0.2, 0.25) is 0 Å². The minimum absolute atomic E-state index is 0.277. The van der Waals surface area contributed by atoms with Gasteiger partial charge in [0, 0.05) is 40.3 Å². The quantitative estimate of drug-likeness (QED) is 0.729. The van der Waals surface area contributed by atoms with E-state index in [2.05, 4.69) is 17.1 Å². The van der Waals surface area contributed by atoms with Gasteiger partial charge in [-0.2, -0.15) is 0 Å². The molecule has 2 atom stereocenters. The van der Waals surface area contributed by atoms with Gasteiger partial charge in [0.05, 0.1) is 11.9 Å². The van der Waals surface area contributed by atoms with Crippen molar-refractivity contribution in [1.29, 1.82) is 0 Å². The third-order valence-electron chi connectivity index (χ3n) is 4.99. The molecule has 22 heavy (non-hydrogen) atoms. The average molecular weight is 333 g/mol. The first-order valence-corrected chi connectivity index (χ1v) is 9.75. The zero-order chi connectivity index (χ0) is 16.2. The number of methoxy groups -OCH3 is 1. The lowest BCUT2D eigenvalue weighted by molar-refractivity contribution is 0.152. The summed E-state index contributed by atoms with van der Waals surface area (Å²) in [4.78, 5) is 2.35. The van der Waals surface area contributed by atoms with Gasteiger partial charge in [0.2, 0.25) is 10.0 Å². The van der Waals surface area contributed by atoms with Crippen LogP contribution in [-0.4, -0.2) is 82.9 Å². The van der Waals surface area contributed by atoms with Gasteiger partial charge in [0.1, 0.15) is 0 Å². The second kappa shape index (κ2) is 7.57. The molecule has 2 aliphatic heterocycles. The minimum Gasteiger partial charge on any atom is -0.383 e. The predicted octanol–water partition coefficient (Wildman–Crippen LogP) is 0.358. The highest BCUT2D eigenvalue weighted by atomic mass is 32.2. The van der Waals surface area contributed by atoms with Crippen LogP contribution in [0.1, 0.15) is 26.2 Å². The van der Waals surface area contributed by atoms with Gasteiger partial charge in [0.25, 0.3) is 0 Å². The predicted molar refractivity (Wildman–Crippen MR) is 88.5 cm³/mol. The van der Waals surface area contributed by atoms with Crippen molar-refractivity contribution in [1.82, 2.24) is 14.5 Å². The lowest BCUT2D eigenvalue weighted by atomic mass is 9.88. The first-order valence-electron chi connectivity index (χ1n) is 8.24. The fraction of sp³-hybridized carbons (Fsp3) is 1.00. The van der Waals surface area contributed by atoms with Crippen molar-refractivity contribution in [2.24, 2.45) is 5.41 Å². The molecule has 1 N–H and O–H groups in total. The Morgan fingerprint density at radius 3 is 2.86 bits per heavy atom. The average Bonchev–Trinajstić information content (AvgIpc) is 2.91. The molecule has 0 radical (unpaired) electrons. The Bertz CT molecular complexity index is 449. The van der Waals surface area contributed by atoms with Gasteiger partial charge in [-0.05, 0) is 37.8 Å². The van der Waals surface area contributed by atoms with Crippen LogP contribution in [0.3, 0.4) is 0 Å². The second-order valence-corrected chi connectivity index (χ2v) is 9.42. The van der Waals surface area contributed by atoms with Crippen molar-refractivity contribution in [2.75, 3.05) is 60.0 Å². The number of likely N-dealkylation sites (tertiary alicyclic amines) is 1. The normalized spacial score (nSPS) is 31.0. The Hall–Kier alpha value is -0.210. The third kappa shape index (κ3) is 4.41. The standard InChI is InChI=1S/C15H31N3O3S/c1-15(6-7-16-12-15)13-18-8-4-5-14(11-18)22(19,20)17(2)9-10-21-3/h14,16H,4-13H2,1-3H3. The maximum atomic E-state index is 12.7. The number of nitrogens with zero attached hydrogens (tertiary/aromatic N) is 2. The molecule has 0 aromatic rings. The largest absolute Gasteiger partial charge is 0.383 e. The second-order valence-electron chi connectivity index (χ2n) is 7.10. The number of ether oxygens (including phenoxy) is 1. The summed E-state index contributed by atoms with van der Waals surface area (Å²) in [6.07, 6.45) is 2.91. The van der Waals surface area contributed by atoms with E-state index in [1.807, 2.05) is 0 Å². The molecule has 130 valence electrons. The Labute approximate surface area is 135 Å². The highest BCUT2D eigenvalue weighted by Gasteiger charge is 2.37. The van der Waals surface area contributed by atoms with Gasteiger partial charge in [-0.3, -0.25) is 0 Å². The van der Waals surface area contributed by atoms with Crippen LogP contribution >= 0.6 is 0 Å². The summed E-state index contributed by atoms with van der Waals surface area (Å²) in [5, 5.41) is 3.14. The summed E-state index contributed by atoms with van der Waals surface area (Å²) < 4.78 is 31.8. The van der Waals surface area contributed by atoms with E-state index < -0.39 is 10.0 Å². The summed E-state index contributed by atoms with van der Waals surface area (Å²) >= 11 is 0. The van der Waals surface area contributed by atoms with Crippen molar-refractivity contribution in [2.45, 2.75) is 31.4 Å². The van der Waals surface area contributed by atoms with E-state index in [1.54, 1.807) is 14.2 Å². The highest BCUT2D eigenvalue weighted by Crippen LogP contribution is 2.28. The number of rotatable bonds is 7. The fourth-order valence-corrected chi connectivity index (χ4v) is 5.25. The maximum absolute atomic E-state index is 12.7. The zero-order valence-electron chi connectivity index (χ0n) is 14.2. The van der Waals surface area contributed by atoms with Crippen molar-refractivity contribution in [3.63, 3.8) is 0 Å². The van der Waals surface area contributed by atoms with Crippen molar-refractivity contribution in [3.05, 3.63) is 0 Å². The van der Waals surface area contributed by atoms with Crippen LogP contribution in [0.25, 0.3) is 0 Å². The first kappa shape index (κ1) is 18.1. The van der Waals surface area contributed by atoms with E-state index >= 15 is 0 Å². The molecular formula is C15H31N3O3S. The molecule has 0 amide bonds. The first-order chi connectivity index (χ1) is 10.4. The molecule has 2 rings (SSSR count). The molecule has 6 nitrogen and oxygen atoms in total. The van der Waals surface area contributed by atoms with Crippen LogP contribution in [0.15, 0.2) is 0 Å². The SMILES string of the molecule is COCCN(C)S(=O)(=O)C1CCCN(CC2(C)CCNC2)C1. The van der Waals surface area contributed by atoms with Gasteiger partial charge in [-0.1, -0.05) is 6.92 Å². The van der Waals surface area contributed by atoms with Gasteiger partial charge < -0.3 is 15.0 Å². The Morgan fingerprint density at radius 2 is 2.23 bits per heavy atom. The molecule has 2 heterocycles. The molecule has 0 aromatic heterocycles. The minimum atomic E-state index is -3.22. The van der Waals surface area contributed by atoms with Gasteiger partial charge >= 0.3 is 0 Å². The number of piperidine rings is 1. The zero-order valence-corrected chi connectivity index (χ0v) is 15.0. The third-order valence-corrected chi connectivity index (χ3v) is 7.27. The molecule has 0 aliphatic carbocycles. The Morgan fingerprint density at radius 1 is 1.45 bits per heavy atom. The van der Waals surface area contributed by atoms with Crippen LogP contribution < -0.4 is 5.32 Å². The van der Waals surface area contributed by atoms with Gasteiger partial charge in [-0.15, -0.1) is 0 Å². The van der Waals surface area contributed by atoms with Crippen LogP contribution in [0.4, 0.5) is 0 Å². The topological polar surface area (TPSA) is 61.9 Å². The lowest BCUT2D eigenvalue weighted by Crippen LogP contribution is -2.50. The lowest BCUT2D eigenvalue weighted by Gasteiger charge is -2.38. The summed E-state index contributed by atoms with van der Waals surface area (Å²) in [7, 11) is 0.0340. The van der Waals surface area contributed by atoms with E-state index in [9.17, 15) is 8.42 Å². The number of sulfonamides is 1. The van der Waals surface area contributed by atoms with E-state index in [1.165, 1.54) is 10.7 Å². The fourth-order valence-electron chi connectivity index (χ4n) is 3.54. The molecule has 0 spiro atoms. The van der Waals surface area contributed by atoms with Crippen molar-refractivity contribution in [3.8, 4) is 0 Å². The van der Waals surface area contributed by atoms with Crippen LogP contribution in [0.5, 0.6) is 0 Å². The number of nitrogens with one attached hydrogen (secondary N) is 1. The van der Waals surface area contributed by atoms with Gasteiger partial charge in [0.15, 0.2) is 0 Å². The molecule has 2 fully saturated rings. The van der Waals surface area contributed by atoms with Crippen molar-refractivity contribution >= 4 is 10.0 Å². The van der Waals surface area contributed by atoms with Crippen LogP contribution in [-0.2, 0) is 14.8 Å². The van der Waals surface area contributed by atoms with E-state index in [0.29, 0.717) is 19.7 Å². The van der Waals surface area contributed by atoms with Crippen molar-refractivity contribution < 1.29 is 13.2 Å². The number of hydrogen-bond acceptors (Lipinski definition) is 5. The molecule has 0 saturated carbocycles. The summed E-state index contributed by atoms with van der Waals surface area (Å²) in [6, 6.07) is 0. The summed E-state index contributed by atoms with van der Waals surface area (Å²) in [5.41, 5.74) is 0.285.